The van der Waals surface area contributed by atoms with Gasteiger partial charge in [-0.05, 0) is 91.3 Å². The summed E-state index contributed by atoms with van der Waals surface area (Å²) in [6, 6.07) is 0. The Hall–Kier alpha value is -0.610. The van der Waals surface area contributed by atoms with Gasteiger partial charge in [0.1, 0.15) is 0 Å². The predicted molar refractivity (Wildman–Crippen MR) is 122 cm³/mol. The van der Waals surface area contributed by atoms with Gasteiger partial charge in [0, 0.05) is 19.6 Å². The Morgan fingerprint density at radius 3 is 2.37 bits per heavy atom. The maximum Gasteiger partial charge on any atom is 0.220 e. The van der Waals surface area contributed by atoms with E-state index in [1.165, 1.54) is 25.7 Å². The van der Waals surface area contributed by atoms with E-state index in [4.69, 9.17) is 0 Å². The van der Waals surface area contributed by atoms with Gasteiger partial charge in [-0.25, -0.2) is 0 Å². The summed E-state index contributed by atoms with van der Waals surface area (Å²) in [6.45, 7) is 12.8. The minimum absolute atomic E-state index is 0.0179. The molecular formula is C26H47NO3. The lowest BCUT2D eigenvalue weighted by Gasteiger charge is -2.62. The fraction of sp³-hybridized carbons (Fsp3) is 0.962. The molecule has 0 spiro atoms. The van der Waals surface area contributed by atoms with Crippen LogP contribution in [-0.4, -0.2) is 35.4 Å². The van der Waals surface area contributed by atoms with Crippen LogP contribution in [0.25, 0.3) is 0 Å². The second-order valence-electron chi connectivity index (χ2n) is 11.8. The van der Waals surface area contributed by atoms with E-state index >= 15 is 0 Å². The van der Waals surface area contributed by atoms with Crippen molar-refractivity contribution in [2.75, 3.05) is 13.2 Å². The van der Waals surface area contributed by atoms with Crippen LogP contribution in [0.3, 0.4) is 0 Å². The number of rotatable bonds is 7. The molecule has 3 N–H and O–H groups in total. The van der Waals surface area contributed by atoms with Crippen LogP contribution in [0.4, 0.5) is 0 Å². The summed E-state index contributed by atoms with van der Waals surface area (Å²) in [7, 11) is 0. The zero-order valence-electron chi connectivity index (χ0n) is 20.2. The fourth-order valence-electron chi connectivity index (χ4n) is 8.13. The highest BCUT2D eigenvalue weighted by Crippen LogP contribution is 2.68. The number of unbranched alkanes of at least 4 members (excludes halogenated alkanes) is 1. The van der Waals surface area contributed by atoms with Crippen molar-refractivity contribution >= 4 is 5.91 Å². The molecule has 0 saturated heterocycles. The van der Waals surface area contributed by atoms with Gasteiger partial charge in [0.05, 0.1) is 6.10 Å². The van der Waals surface area contributed by atoms with Crippen LogP contribution in [0.15, 0.2) is 0 Å². The SMILES string of the molecule is CCCCC(=O)NC[C@@]1(C)[C@@H]([C@@]2(C)CC[C@H](O)C[C@@H]2CO)CC[C@]2(C)C(C)CC[C@@H]12. The van der Waals surface area contributed by atoms with Crippen molar-refractivity contribution < 1.29 is 15.0 Å². The maximum atomic E-state index is 12.6. The molecule has 3 aliphatic rings. The van der Waals surface area contributed by atoms with Crippen LogP contribution >= 0.6 is 0 Å². The highest BCUT2D eigenvalue weighted by Gasteiger charge is 2.62. The van der Waals surface area contributed by atoms with Gasteiger partial charge in [-0.1, -0.05) is 41.0 Å². The molecule has 3 aliphatic carbocycles. The number of nitrogens with one attached hydrogen (secondary N) is 1. The van der Waals surface area contributed by atoms with Crippen LogP contribution in [-0.2, 0) is 4.79 Å². The molecule has 4 nitrogen and oxygen atoms in total. The van der Waals surface area contributed by atoms with E-state index in [2.05, 4.69) is 39.9 Å². The molecule has 3 saturated carbocycles. The van der Waals surface area contributed by atoms with Crippen LogP contribution in [0.1, 0.15) is 98.8 Å². The summed E-state index contributed by atoms with van der Waals surface area (Å²) in [6.07, 6.45) is 9.81. The highest BCUT2D eigenvalue weighted by molar-refractivity contribution is 5.75. The maximum absolute atomic E-state index is 12.6. The third kappa shape index (κ3) is 4.08. The van der Waals surface area contributed by atoms with Crippen LogP contribution in [0.5, 0.6) is 0 Å². The van der Waals surface area contributed by atoms with Gasteiger partial charge in [-0.15, -0.1) is 0 Å². The van der Waals surface area contributed by atoms with Crippen molar-refractivity contribution in [3.63, 3.8) is 0 Å². The van der Waals surface area contributed by atoms with Gasteiger partial charge in [-0.3, -0.25) is 4.79 Å². The van der Waals surface area contributed by atoms with E-state index in [1.807, 2.05) is 0 Å². The minimum Gasteiger partial charge on any atom is -0.396 e. The molecule has 1 amide bonds. The molecule has 3 fully saturated rings. The first kappa shape index (κ1) is 24.0. The Balaban J connectivity index is 1.91. The third-order valence-electron chi connectivity index (χ3n) is 10.3. The van der Waals surface area contributed by atoms with E-state index < -0.39 is 0 Å². The summed E-state index contributed by atoms with van der Waals surface area (Å²) < 4.78 is 0. The minimum atomic E-state index is -0.282. The lowest BCUT2D eigenvalue weighted by atomic mass is 9.43. The summed E-state index contributed by atoms with van der Waals surface area (Å²) in [5.74, 6) is 2.13. The van der Waals surface area contributed by atoms with Crippen LogP contribution in [0, 0.1) is 39.9 Å². The second kappa shape index (κ2) is 9.10. The van der Waals surface area contributed by atoms with Crippen molar-refractivity contribution in [3.05, 3.63) is 0 Å². The fourth-order valence-corrected chi connectivity index (χ4v) is 8.13. The molecule has 0 aromatic carbocycles. The monoisotopic (exact) mass is 421 g/mol. The molecule has 0 aromatic heterocycles. The van der Waals surface area contributed by atoms with Crippen molar-refractivity contribution in [1.29, 1.82) is 0 Å². The standard InChI is InChI=1S/C26H47NO3/c1-6-7-8-23(30)27-17-26(5)21-10-9-18(2)24(21,3)14-12-22(26)25(4)13-11-20(29)15-19(25)16-28/h18-22,28-29H,6-17H2,1-5H3,(H,27,30)/t18?,19-,20+,21-,22-,24-,25+,26-/m1/s1. The molecule has 0 aromatic rings. The summed E-state index contributed by atoms with van der Waals surface area (Å²) >= 11 is 0. The van der Waals surface area contributed by atoms with Gasteiger partial charge in [-0.2, -0.15) is 0 Å². The van der Waals surface area contributed by atoms with Gasteiger partial charge < -0.3 is 15.5 Å². The number of aliphatic hydroxyl groups excluding tert-OH is 2. The molecule has 1 unspecified atom stereocenters. The number of amides is 1. The Bertz CT molecular complexity index is 609. The molecule has 4 heteroatoms. The van der Waals surface area contributed by atoms with E-state index in [9.17, 15) is 15.0 Å². The Morgan fingerprint density at radius 2 is 1.70 bits per heavy atom. The van der Waals surface area contributed by atoms with Crippen molar-refractivity contribution in [1.82, 2.24) is 5.32 Å². The molecular weight excluding hydrogens is 374 g/mol. The number of carbonyl (C=O) groups excluding carboxylic acids is 1. The quantitative estimate of drug-likeness (QED) is 0.546. The topological polar surface area (TPSA) is 69.6 Å². The second-order valence-corrected chi connectivity index (χ2v) is 11.8. The molecule has 0 bridgehead atoms. The first-order chi connectivity index (χ1) is 14.1. The van der Waals surface area contributed by atoms with Gasteiger partial charge in [0.25, 0.3) is 0 Å². The predicted octanol–water partition coefficient (Wildman–Crippen LogP) is 4.92. The first-order valence-corrected chi connectivity index (χ1v) is 12.7. The number of hydrogen-bond acceptors (Lipinski definition) is 3. The number of carbonyl (C=O) groups is 1. The molecule has 174 valence electrons. The van der Waals surface area contributed by atoms with E-state index in [-0.39, 0.29) is 35.4 Å². The lowest BCUT2D eigenvalue weighted by Crippen LogP contribution is -2.59. The zero-order chi connectivity index (χ0) is 22.2. The average molecular weight is 422 g/mol. The third-order valence-corrected chi connectivity index (χ3v) is 10.3. The highest BCUT2D eigenvalue weighted by atomic mass is 16.3. The first-order valence-electron chi connectivity index (χ1n) is 12.7. The number of aliphatic hydroxyl groups is 2. The normalized spacial score (nSPS) is 46.4. The lowest BCUT2D eigenvalue weighted by molar-refractivity contribution is -0.146. The zero-order valence-corrected chi connectivity index (χ0v) is 20.2. The molecule has 3 rings (SSSR count). The van der Waals surface area contributed by atoms with Gasteiger partial charge >= 0.3 is 0 Å². The van der Waals surface area contributed by atoms with Crippen molar-refractivity contribution in [2.24, 2.45) is 39.9 Å². The summed E-state index contributed by atoms with van der Waals surface area (Å²) in [5, 5.41) is 23.9. The van der Waals surface area contributed by atoms with Crippen LogP contribution in [0.2, 0.25) is 0 Å². The molecule has 0 heterocycles. The molecule has 30 heavy (non-hydrogen) atoms. The molecule has 8 atom stereocenters. The van der Waals surface area contributed by atoms with E-state index in [0.29, 0.717) is 30.1 Å². The van der Waals surface area contributed by atoms with E-state index in [1.54, 1.807) is 0 Å². The smallest absolute Gasteiger partial charge is 0.220 e. The Labute approximate surface area is 184 Å². The summed E-state index contributed by atoms with van der Waals surface area (Å²) in [4.78, 5) is 12.6. The van der Waals surface area contributed by atoms with E-state index in [0.717, 1.165) is 38.1 Å². The number of fused-ring (bicyclic) bond motifs is 1. The Morgan fingerprint density at radius 1 is 1.03 bits per heavy atom. The van der Waals surface area contributed by atoms with Gasteiger partial charge in [0.15, 0.2) is 0 Å². The molecule has 0 radical (unpaired) electrons. The molecule has 0 aliphatic heterocycles. The summed E-state index contributed by atoms with van der Waals surface area (Å²) in [5.41, 5.74) is 0.396. The number of hydrogen-bond donors (Lipinski definition) is 3. The van der Waals surface area contributed by atoms with Gasteiger partial charge in [0.2, 0.25) is 5.91 Å². The Kier molecular flexibility index (Phi) is 7.29. The average Bonchev–Trinajstić information content (AvgIpc) is 3.02. The van der Waals surface area contributed by atoms with Crippen molar-refractivity contribution in [3.8, 4) is 0 Å². The largest absolute Gasteiger partial charge is 0.396 e. The van der Waals surface area contributed by atoms with Crippen molar-refractivity contribution in [2.45, 2.75) is 105 Å². The van der Waals surface area contributed by atoms with Crippen LogP contribution < -0.4 is 5.32 Å².